The summed E-state index contributed by atoms with van der Waals surface area (Å²) in [7, 11) is 0. The first-order valence-corrected chi connectivity index (χ1v) is 26.9. The quantitative estimate of drug-likeness (QED) is 0.0847. The fourth-order valence-corrected chi connectivity index (χ4v) is 11.4. The van der Waals surface area contributed by atoms with Gasteiger partial charge in [0.15, 0.2) is 23.0 Å². The van der Waals surface area contributed by atoms with Crippen LogP contribution in [-0.2, 0) is 29.8 Å². The van der Waals surface area contributed by atoms with E-state index in [1.54, 1.807) is 107 Å². The van der Waals surface area contributed by atoms with E-state index in [4.69, 9.17) is 84.3 Å². The van der Waals surface area contributed by atoms with E-state index in [1.807, 2.05) is 48.5 Å². The zero-order valence-electron chi connectivity index (χ0n) is 45.7. The Morgan fingerprint density at radius 1 is 0.373 bits per heavy atom. The number of ether oxygens (including phenoxy) is 8. The van der Waals surface area contributed by atoms with Crippen LogP contribution in [0.3, 0.4) is 0 Å². The van der Waals surface area contributed by atoms with Crippen LogP contribution in [0, 0.1) is 17.3 Å². The number of rotatable bonds is 10. The van der Waals surface area contributed by atoms with Crippen LogP contribution < -0.4 is 18.9 Å². The molecule has 16 heteroatoms. The van der Waals surface area contributed by atoms with E-state index in [1.165, 1.54) is 0 Å². The molecule has 2 aliphatic rings. The first kappa shape index (κ1) is 59.4. The van der Waals surface area contributed by atoms with Gasteiger partial charge in [0.05, 0.1) is 20.1 Å². The molecule has 0 atom stereocenters. The van der Waals surface area contributed by atoms with Gasteiger partial charge >= 0.3 is 24.6 Å². The van der Waals surface area contributed by atoms with Crippen molar-refractivity contribution in [3.8, 4) is 23.0 Å². The summed E-state index contributed by atoms with van der Waals surface area (Å²) in [6, 6.07) is 21.9. The standard InChI is InChI=1S/C59H72Cl4O12/c1-53(2,3)72-49(64)68-45-19-15-37(31-41(45)60)58(38-16-20-46(42(61)32-38)69-50(65)73-54(4,5)6)27-23-35(24-28-58)57(13,14)36-25-29-59(30-26-36,39-17-21-47(43(62)33-39)70-51(66)74-55(7,8)9)40-18-22-48(44(63)34-40)71-52(67)75-56(10,11)12/h15-22,31-36H,23-30H2,1-14H3. The second-order valence-corrected chi connectivity index (χ2v) is 26.0. The number of halogens is 4. The van der Waals surface area contributed by atoms with Gasteiger partial charge in [-0.3, -0.25) is 0 Å². The van der Waals surface area contributed by atoms with Crippen LogP contribution in [0.4, 0.5) is 19.2 Å². The van der Waals surface area contributed by atoms with Crippen molar-refractivity contribution < 1.29 is 57.1 Å². The molecule has 4 aromatic carbocycles. The van der Waals surface area contributed by atoms with Gasteiger partial charge in [-0.1, -0.05) is 84.5 Å². The minimum absolute atomic E-state index is 0.116. The lowest BCUT2D eigenvalue weighted by Gasteiger charge is -2.51. The Hall–Kier alpha value is -4.88. The SMILES string of the molecule is CC(C)(C)OC(=O)Oc1ccc(C2(c3ccc(OC(=O)OC(C)(C)C)c(Cl)c3)CCC(C(C)(C)C3CCC(c4ccc(OC(=O)OC(C)(C)C)c(Cl)c4)(c4ccc(OC(=O)OC(C)(C)C)c(Cl)c4)CC3)CC2)cc1Cl. The number of benzene rings is 4. The Balaban J connectivity index is 1.29. The Morgan fingerprint density at radius 3 is 0.747 bits per heavy atom. The molecule has 2 saturated carbocycles. The maximum absolute atomic E-state index is 12.7. The van der Waals surface area contributed by atoms with Crippen LogP contribution in [0.1, 0.15) is 171 Å². The molecule has 0 amide bonds. The normalized spacial score (nSPS) is 16.6. The second-order valence-electron chi connectivity index (χ2n) is 24.4. The van der Waals surface area contributed by atoms with Gasteiger partial charge in [-0.15, -0.1) is 0 Å². The highest BCUT2D eigenvalue weighted by atomic mass is 35.5. The topological polar surface area (TPSA) is 142 Å². The molecule has 0 aromatic heterocycles. The van der Waals surface area contributed by atoms with Gasteiger partial charge in [0.25, 0.3) is 0 Å². The molecule has 0 spiro atoms. The molecule has 0 saturated heterocycles. The summed E-state index contributed by atoms with van der Waals surface area (Å²) >= 11 is 27.7. The van der Waals surface area contributed by atoms with E-state index in [2.05, 4.69) is 13.8 Å². The van der Waals surface area contributed by atoms with Gasteiger partial charge in [-0.05, 0) is 222 Å². The molecule has 75 heavy (non-hydrogen) atoms. The zero-order chi connectivity index (χ0) is 55.7. The first-order valence-electron chi connectivity index (χ1n) is 25.4. The molecule has 0 radical (unpaired) electrons. The Bertz CT molecular complexity index is 2390. The lowest BCUT2D eigenvalue weighted by atomic mass is 9.53. The molecule has 4 aromatic rings. The van der Waals surface area contributed by atoms with E-state index in [0.29, 0.717) is 11.8 Å². The summed E-state index contributed by atoms with van der Waals surface area (Å²) in [5.41, 5.74) is -0.634. The van der Waals surface area contributed by atoms with Crippen LogP contribution in [0.2, 0.25) is 20.1 Å². The smallest absolute Gasteiger partial charge is 0.428 e. The van der Waals surface area contributed by atoms with Crippen molar-refractivity contribution in [3.05, 3.63) is 115 Å². The highest BCUT2D eigenvalue weighted by Crippen LogP contribution is 2.58. The van der Waals surface area contributed by atoms with E-state index in [9.17, 15) is 19.2 Å². The van der Waals surface area contributed by atoms with Crippen molar-refractivity contribution in [2.45, 2.75) is 182 Å². The first-order chi connectivity index (χ1) is 34.6. The van der Waals surface area contributed by atoms with Crippen molar-refractivity contribution in [3.63, 3.8) is 0 Å². The average molecular weight is 1120 g/mol. The minimum Gasteiger partial charge on any atom is -0.428 e. The largest absolute Gasteiger partial charge is 0.514 e. The summed E-state index contributed by atoms with van der Waals surface area (Å²) in [4.78, 5) is 50.8. The summed E-state index contributed by atoms with van der Waals surface area (Å²) < 4.78 is 43.8. The van der Waals surface area contributed by atoms with Crippen LogP contribution in [0.5, 0.6) is 23.0 Å². The van der Waals surface area contributed by atoms with Gasteiger partial charge in [-0.25, -0.2) is 19.2 Å². The van der Waals surface area contributed by atoms with Crippen molar-refractivity contribution in [2.75, 3.05) is 0 Å². The van der Waals surface area contributed by atoms with E-state index in [0.717, 1.165) is 73.6 Å². The molecule has 2 fully saturated rings. The third-order valence-electron chi connectivity index (χ3n) is 14.1. The van der Waals surface area contributed by atoms with Gasteiger partial charge in [0.1, 0.15) is 22.4 Å². The maximum Gasteiger partial charge on any atom is 0.514 e. The minimum atomic E-state index is -0.861. The van der Waals surface area contributed by atoms with Crippen molar-refractivity contribution >= 4 is 71.0 Å². The number of hydrogen-bond donors (Lipinski definition) is 0. The van der Waals surface area contributed by atoms with Crippen LogP contribution in [-0.4, -0.2) is 47.0 Å². The third-order valence-corrected chi connectivity index (χ3v) is 15.2. The molecule has 0 bridgehead atoms. The summed E-state index contributed by atoms with van der Waals surface area (Å²) in [5.74, 6) is 1.32. The molecule has 0 N–H and O–H groups in total. The van der Waals surface area contributed by atoms with E-state index >= 15 is 0 Å². The molecule has 0 aliphatic heterocycles. The maximum atomic E-state index is 12.7. The fraction of sp³-hybridized carbons (Fsp3) is 0.525. The molecule has 2 aliphatic carbocycles. The van der Waals surface area contributed by atoms with Gasteiger partial charge in [-0.2, -0.15) is 0 Å². The number of hydrogen-bond acceptors (Lipinski definition) is 12. The predicted octanol–water partition coefficient (Wildman–Crippen LogP) is 18.2. The van der Waals surface area contributed by atoms with Gasteiger partial charge in [0, 0.05) is 10.8 Å². The average Bonchev–Trinajstić information content (AvgIpc) is 3.26. The molecule has 0 unspecified atom stereocenters. The van der Waals surface area contributed by atoms with Gasteiger partial charge in [0.2, 0.25) is 0 Å². The van der Waals surface area contributed by atoms with Gasteiger partial charge < -0.3 is 37.9 Å². The molecule has 408 valence electrons. The second kappa shape index (κ2) is 22.6. The molecule has 6 rings (SSSR count). The van der Waals surface area contributed by atoms with Crippen LogP contribution in [0.25, 0.3) is 0 Å². The lowest BCUT2D eigenvalue weighted by molar-refractivity contribution is 0.0193. The van der Waals surface area contributed by atoms with Crippen molar-refractivity contribution in [1.82, 2.24) is 0 Å². The lowest BCUT2D eigenvalue weighted by Crippen LogP contribution is -2.43. The van der Waals surface area contributed by atoms with E-state index < -0.39 is 57.9 Å². The third kappa shape index (κ3) is 15.2. The predicted molar refractivity (Wildman–Crippen MR) is 293 cm³/mol. The number of carbonyl (C=O) groups excluding carboxylic acids is 4. The molecular formula is C59H72Cl4O12. The van der Waals surface area contributed by atoms with Crippen molar-refractivity contribution in [2.24, 2.45) is 17.3 Å². The Labute approximate surface area is 462 Å². The molecule has 12 nitrogen and oxygen atoms in total. The number of carbonyl (C=O) groups is 4. The summed E-state index contributed by atoms with van der Waals surface area (Å²) in [6.07, 6.45) is 2.93. The highest BCUT2D eigenvalue weighted by molar-refractivity contribution is 6.33. The monoisotopic (exact) mass is 1110 g/mol. The Morgan fingerprint density at radius 2 is 0.573 bits per heavy atom. The summed E-state index contributed by atoms with van der Waals surface area (Å²) in [6.45, 7) is 25.8. The summed E-state index contributed by atoms with van der Waals surface area (Å²) in [5, 5.41) is 0.999. The fourth-order valence-electron chi connectivity index (χ4n) is 10.5. The highest BCUT2D eigenvalue weighted by Gasteiger charge is 2.49. The van der Waals surface area contributed by atoms with Crippen LogP contribution in [0.15, 0.2) is 72.8 Å². The van der Waals surface area contributed by atoms with E-state index in [-0.39, 0.29) is 48.5 Å². The van der Waals surface area contributed by atoms with Crippen molar-refractivity contribution in [1.29, 1.82) is 0 Å². The zero-order valence-corrected chi connectivity index (χ0v) is 48.7. The molecule has 0 heterocycles. The Kier molecular flexibility index (Phi) is 17.9. The van der Waals surface area contributed by atoms with Crippen LogP contribution >= 0.6 is 46.4 Å². The molecular weight excluding hydrogens is 1040 g/mol.